The Labute approximate surface area is 245 Å². The number of aliphatic carboxylic acids is 3. The van der Waals surface area contributed by atoms with Gasteiger partial charge in [0.25, 0.3) is 0 Å². The molecule has 0 aromatic carbocycles. The van der Waals surface area contributed by atoms with Crippen molar-refractivity contribution in [3.63, 3.8) is 0 Å². The highest BCUT2D eigenvalue weighted by molar-refractivity contribution is 5.67. The lowest BCUT2D eigenvalue weighted by Crippen LogP contribution is -2.52. The van der Waals surface area contributed by atoms with Crippen LogP contribution in [0.15, 0.2) is 12.7 Å². The SMILES string of the molecule is C=CCCCCCCCCCCCCCCCCCCCCCC[N+](CCC(=O)O)(CCC(=O)O)CCC(=O)O. The fraction of sp³-hybridized carbons (Fsp3) is 0.848. The molecular weight excluding hydrogens is 506 g/mol. The van der Waals surface area contributed by atoms with Crippen molar-refractivity contribution in [1.82, 2.24) is 0 Å². The Morgan fingerprint density at radius 2 is 0.675 bits per heavy atom. The number of rotatable bonds is 32. The summed E-state index contributed by atoms with van der Waals surface area (Å²) >= 11 is 0. The van der Waals surface area contributed by atoms with E-state index in [0.29, 0.717) is 6.54 Å². The lowest BCUT2D eigenvalue weighted by molar-refractivity contribution is -0.927. The van der Waals surface area contributed by atoms with E-state index in [1.807, 2.05) is 6.08 Å². The van der Waals surface area contributed by atoms with Gasteiger partial charge >= 0.3 is 17.9 Å². The normalized spacial score (nSPS) is 11.5. The number of hydrogen-bond donors (Lipinski definition) is 3. The maximum absolute atomic E-state index is 11.1. The smallest absolute Gasteiger partial charge is 0.309 e. The van der Waals surface area contributed by atoms with Crippen LogP contribution in [0.4, 0.5) is 0 Å². The maximum Gasteiger partial charge on any atom is 0.309 e. The fourth-order valence-corrected chi connectivity index (χ4v) is 5.59. The van der Waals surface area contributed by atoms with Crippen molar-refractivity contribution in [1.29, 1.82) is 0 Å². The predicted octanol–water partition coefficient (Wildman–Crippen LogP) is 8.61. The third-order valence-electron chi connectivity index (χ3n) is 8.19. The molecule has 0 bridgehead atoms. The molecule has 0 aromatic rings. The van der Waals surface area contributed by atoms with Crippen LogP contribution in [0.5, 0.6) is 0 Å². The zero-order valence-electron chi connectivity index (χ0n) is 25.6. The number of quaternary nitrogens is 1. The minimum atomic E-state index is -0.930. The molecule has 0 unspecified atom stereocenters. The molecule has 0 saturated heterocycles. The molecule has 0 aliphatic heterocycles. The number of nitrogens with zero attached hydrogens (tertiary/aromatic N) is 1. The molecule has 0 aliphatic carbocycles. The van der Waals surface area contributed by atoms with E-state index in [0.717, 1.165) is 19.3 Å². The van der Waals surface area contributed by atoms with Gasteiger partial charge in [-0.15, -0.1) is 6.58 Å². The van der Waals surface area contributed by atoms with Gasteiger partial charge in [0.15, 0.2) is 0 Å². The van der Waals surface area contributed by atoms with Gasteiger partial charge in [-0.25, -0.2) is 0 Å². The van der Waals surface area contributed by atoms with Gasteiger partial charge in [-0.1, -0.05) is 115 Å². The first-order valence-electron chi connectivity index (χ1n) is 16.4. The molecule has 0 spiro atoms. The summed E-state index contributed by atoms with van der Waals surface area (Å²) in [6.07, 6.45) is 28.9. The van der Waals surface area contributed by atoms with E-state index >= 15 is 0 Å². The van der Waals surface area contributed by atoms with Crippen molar-refractivity contribution < 1.29 is 34.2 Å². The van der Waals surface area contributed by atoms with Crippen molar-refractivity contribution in [2.45, 2.75) is 154 Å². The quantitative estimate of drug-likeness (QED) is 0.0425. The monoisotopic (exact) mass is 568 g/mol. The molecule has 0 saturated carbocycles. The summed E-state index contributed by atoms with van der Waals surface area (Å²) in [6, 6.07) is 0. The van der Waals surface area contributed by atoms with Gasteiger partial charge in [0.2, 0.25) is 0 Å². The molecule has 0 fully saturated rings. The Kier molecular flexibility index (Phi) is 26.0. The topological polar surface area (TPSA) is 112 Å². The molecule has 0 amide bonds. The molecular formula is C33H62NO6+. The van der Waals surface area contributed by atoms with Gasteiger partial charge in [-0.3, -0.25) is 14.4 Å². The third kappa shape index (κ3) is 26.3. The van der Waals surface area contributed by atoms with Crippen LogP contribution in [0, 0.1) is 0 Å². The molecule has 0 radical (unpaired) electrons. The molecule has 7 heteroatoms. The molecule has 40 heavy (non-hydrogen) atoms. The summed E-state index contributed by atoms with van der Waals surface area (Å²) in [5.41, 5.74) is 0. The summed E-state index contributed by atoms with van der Waals surface area (Å²) < 4.78 is 0.265. The molecule has 0 heterocycles. The van der Waals surface area contributed by atoms with Crippen LogP contribution in [0.2, 0.25) is 0 Å². The van der Waals surface area contributed by atoms with Crippen molar-refractivity contribution in [2.24, 2.45) is 0 Å². The Morgan fingerprint density at radius 1 is 0.425 bits per heavy atom. The van der Waals surface area contributed by atoms with Crippen LogP contribution in [0.25, 0.3) is 0 Å². The second kappa shape index (κ2) is 27.3. The molecule has 0 aliphatic rings. The molecule has 7 nitrogen and oxygen atoms in total. The van der Waals surface area contributed by atoms with Gasteiger partial charge in [0.1, 0.15) is 0 Å². The molecule has 0 rings (SSSR count). The average molecular weight is 569 g/mol. The molecule has 0 atom stereocenters. The van der Waals surface area contributed by atoms with Crippen LogP contribution < -0.4 is 0 Å². The van der Waals surface area contributed by atoms with Gasteiger partial charge in [-0.05, 0) is 25.7 Å². The number of allylic oxidation sites excluding steroid dienone is 1. The van der Waals surface area contributed by atoms with E-state index in [1.54, 1.807) is 0 Å². The van der Waals surface area contributed by atoms with E-state index < -0.39 is 17.9 Å². The molecule has 3 N–H and O–H groups in total. The minimum absolute atomic E-state index is 0.0730. The van der Waals surface area contributed by atoms with Crippen LogP contribution >= 0.6 is 0 Å². The highest BCUT2D eigenvalue weighted by Gasteiger charge is 2.29. The summed E-state index contributed by atoms with van der Waals surface area (Å²) in [5, 5.41) is 27.4. The van der Waals surface area contributed by atoms with Gasteiger partial charge < -0.3 is 19.8 Å². The first-order valence-corrected chi connectivity index (χ1v) is 16.4. The minimum Gasteiger partial charge on any atom is -0.481 e. The average Bonchev–Trinajstić information content (AvgIpc) is 2.92. The first-order chi connectivity index (χ1) is 19.3. The van der Waals surface area contributed by atoms with Crippen molar-refractivity contribution in [3.05, 3.63) is 12.7 Å². The van der Waals surface area contributed by atoms with Gasteiger partial charge in [0.05, 0.1) is 45.4 Å². The van der Waals surface area contributed by atoms with Crippen LogP contribution in [-0.2, 0) is 14.4 Å². The number of carbonyl (C=O) groups is 3. The van der Waals surface area contributed by atoms with Gasteiger partial charge in [-0.2, -0.15) is 0 Å². The Balaban J connectivity index is 3.78. The van der Waals surface area contributed by atoms with Crippen LogP contribution in [0.1, 0.15) is 154 Å². The first kappa shape index (κ1) is 38.1. The summed E-state index contributed by atoms with van der Waals surface area (Å²) in [4.78, 5) is 33.4. The van der Waals surface area contributed by atoms with E-state index in [4.69, 9.17) is 15.3 Å². The van der Waals surface area contributed by atoms with E-state index in [-0.39, 0.29) is 43.4 Å². The van der Waals surface area contributed by atoms with Crippen molar-refractivity contribution >= 4 is 17.9 Å². The van der Waals surface area contributed by atoms with Crippen LogP contribution in [-0.4, -0.2) is 63.9 Å². The van der Waals surface area contributed by atoms with E-state index in [1.165, 1.54) is 116 Å². The second-order valence-electron chi connectivity index (χ2n) is 11.8. The number of carboxylic acid groups (broad SMARTS) is 3. The zero-order chi connectivity index (χ0) is 29.7. The maximum atomic E-state index is 11.1. The summed E-state index contributed by atoms with van der Waals surface area (Å²) in [5.74, 6) is -2.79. The summed E-state index contributed by atoms with van der Waals surface area (Å²) in [6.45, 7) is 5.27. The second-order valence-corrected chi connectivity index (χ2v) is 11.8. The van der Waals surface area contributed by atoms with E-state index in [9.17, 15) is 14.4 Å². The third-order valence-corrected chi connectivity index (χ3v) is 8.19. The zero-order valence-corrected chi connectivity index (χ0v) is 25.6. The lowest BCUT2D eigenvalue weighted by Gasteiger charge is -2.38. The van der Waals surface area contributed by atoms with Crippen molar-refractivity contribution in [3.8, 4) is 0 Å². The van der Waals surface area contributed by atoms with Crippen LogP contribution in [0.3, 0.4) is 0 Å². The Bertz CT molecular complexity index is 605. The van der Waals surface area contributed by atoms with E-state index in [2.05, 4.69) is 6.58 Å². The largest absolute Gasteiger partial charge is 0.481 e. The Morgan fingerprint density at radius 3 is 0.925 bits per heavy atom. The van der Waals surface area contributed by atoms with Gasteiger partial charge in [0, 0.05) is 0 Å². The highest BCUT2D eigenvalue weighted by atomic mass is 16.4. The highest BCUT2D eigenvalue weighted by Crippen LogP contribution is 2.18. The Hall–Kier alpha value is -1.89. The fourth-order valence-electron chi connectivity index (χ4n) is 5.59. The number of carboxylic acids is 3. The number of unbranched alkanes of at least 4 members (excludes halogenated alkanes) is 20. The van der Waals surface area contributed by atoms with Crippen molar-refractivity contribution in [2.75, 3.05) is 26.2 Å². The number of hydrogen-bond acceptors (Lipinski definition) is 3. The standard InChI is InChI=1S/C33H61NO6/c1-2-3-4-5-6-7-8-9-10-11-12-13-14-15-16-17-18-19-20-21-22-23-27-34(28-24-31(35)36,29-25-32(37)38)30-26-33(39)40/h2H,1,3-30H2,(H2-,35,36,37,38,39,40)/p+1. The molecule has 0 aromatic heterocycles. The molecule has 234 valence electrons. The predicted molar refractivity (Wildman–Crippen MR) is 164 cm³/mol. The lowest BCUT2D eigenvalue weighted by atomic mass is 10.0. The summed E-state index contributed by atoms with van der Waals surface area (Å²) in [7, 11) is 0.